The highest BCUT2D eigenvalue weighted by molar-refractivity contribution is 5.99. The van der Waals surface area contributed by atoms with Crippen LogP contribution in [0.3, 0.4) is 0 Å². The molecule has 1 aliphatic rings. The number of carbonyl (C=O) groups excluding carboxylic acids is 2. The molecule has 4 rings (SSSR count). The second kappa shape index (κ2) is 10.5. The molecule has 0 radical (unpaired) electrons. The molecule has 0 aliphatic heterocycles. The van der Waals surface area contributed by atoms with Crippen LogP contribution in [-0.4, -0.2) is 37.8 Å². The third-order valence-electron chi connectivity index (χ3n) is 7.29. The van der Waals surface area contributed by atoms with Gasteiger partial charge in [0.2, 0.25) is 0 Å². The predicted octanol–water partition coefficient (Wildman–Crippen LogP) is 6.27. The molecule has 0 spiro atoms. The summed E-state index contributed by atoms with van der Waals surface area (Å²) in [5.74, 6) is 0.244. The molecule has 0 N–H and O–H groups in total. The fourth-order valence-corrected chi connectivity index (χ4v) is 5.48. The van der Waals surface area contributed by atoms with Gasteiger partial charge >= 0.3 is 11.9 Å². The van der Waals surface area contributed by atoms with Crippen molar-refractivity contribution in [2.24, 2.45) is 5.92 Å². The Hall–Kier alpha value is -3.28. The zero-order valence-corrected chi connectivity index (χ0v) is 21.3. The van der Waals surface area contributed by atoms with E-state index in [-0.39, 0.29) is 17.9 Å². The molecule has 1 saturated carbocycles. The van der Waals surface area contributed by atoms with Gasteiger partial charge in [-0.2, -0.15) is 0 Å². The number of esters is 2. The lowest BCUT2D eigenvalue weighted by atomic mass is 9.81. The summed E-state index contributed by atoms with van der Waals surface area (Å²) in [6.07, 6.45) is 5.94. The summed E-state index contributed by atoms with van der Waals surface area (Å²) in [5.41, 5.74) is 6.07. The Morgan fingerprint density at radius 3 is 2.37 bits per heavy atom. The smallest absolute Gasteiger partial charge is 0.337 e. The Balaban J connectivity index is 2.04. The van der Waals surface area contributed by atoms with Crippen molar-refractivity contribution in [1.29, 1.82) is 0 Å². The maximum atomic E-state index is 12.5. The maximum absolute atomic E-state index is 12.5. The minimum absolute atomic E-state index is 0.257. The zero-order chi connectivity index (χ0) is 25.1. The molecule has 2 aromatic carbocycles. The van der Waals surface area contributed by atoms with E-state index in [1.54, 1.807) is 7.11 Å². The van der Waals surface area contributed by atoms with Gasteiger partial charge in [0.25, 0.3) is 0 Å². The van der Waals surface area contributed by atoms with E-state index >= 15 is 0 Å². The van der Waals surface area contributed by atoms with Crippen LogP contribution < -0.4 is 4.74 Å². The van der Waals surface area contributed by atoms with Crippen LogP contribution in [0.2, 0.25) is 0 Å². The van der Waals surface area contributed by atoms with Gasteiger partial charge in [-0.05, 0) is 67.1 Å². The van der Waals surface area contributed by atoms with Gasteiger partial charge in [-0.25, -0.2) is 4.79 Å². The molecule has 0 amide bonds. The first kappa shape index (κ1) is 24.8. The fourth-order valence-electron chi connectivity index (χ4n) is 5.48. The lowest BCUT2D eigenvalue weighted by molar-refractivity contribution is -0.145. The topological polar surface area (TPSA) is 66.8 Å². The molecule has 1 unspecified atom stereocenters. The number of hydrogen-bond donors (Lipinski definition) is 0. The molecule has 6 heteroatoms. The van der Waals surface area contributed by atoms with Crippen LogP contribution in [0.25, 0.3) is 22.2 Å². The third-order valence-corrected chi connectivity index (χ3v) is 7.29. The third kappa shape index (κ3) is 4.79. The highest BCUT2D eigenvalue weighted by Gasteiger charge is 2.29. The second-order valence-corrected chi connectivity index (χ2v) is 9.54. The molecule has 1 fully saturated rings. The monoisotopic (exact) mass is 477 g/mol. The van der Waals surface area contributed by atoms with Gasteiger partial charge in [-0.1, -0.05) is 32.3 Å². The van der Waals surface area contributed by atoms with Gasteiger partial charge in [-0.3, -0.25) is 4.79 Å². The van der Waals surface area contributed by atoms with Crippen molar-refractivity contribution in [3.63, 3.8) is 0 Å². The quantitative estimate of drug-likeness (QED) is 0.375. The highest BCUT2D eigenvalue weighted by atomic mass is 16.5. The standard InChI is InChI=1S/C29H35NO5/c1-18-15-22(33-3)12-14-23(18)27-26(20-9-7-6-8-10-20)24-13-11-21(29(32)35-5)16-25(24)30(27)17-19(2)28(31)34-4/h11-16,19-20H,6-10,17H2,1-5H3. The number of carbonyl (C=O) groups is 2. The fraction of sp³-hybridized carbons (Fsp3) is 0.448. The van der Waals surface area contributed by atoms with Crippen molar-refractivity contribution in [2.75, 3.05) is 21.3 Å². The molecule has 1 atom stereocenters. The number of fused-ring (bicyclic) bond motifs is 1. The van der Waals surface area contributed by atoms with Gasteiger partial charge in [0.15, 0.2) is 0 Å². The van der Waals surface area contributed by atoms with Crippen molar-refractivity contribution < 1.29 is 23.8 Å². The molecule has 0 saturated heterocycles. The molecule has 1 aliphatic carbocycles. The number of aryl methyl sites for hydroxylation is 1. The minimum atomic E-state index is -0.373. The lowest BCUT2D eigenvalue weighted by Gasteiger charge is -2.24. The van der Waals surface area contributed by atoms with Gasteiger partial charge in [0, 0.05) is 23.0 Å². The molecular formula is C29H35NO5. The summed E-state index contributed by atoms with van der Waals surface area (Å²) < 4.78 is 17.7. The van der Waals surface area contributed by atoms with Crippen molar-refractivity contribution in [2.45, 2.75) is 58.4 Å². The number of rotatable bonds is 7. The molecule has 1 aromatic heterocycles. The summed E-state index contributed by atoms with van der Waals surface area (Å²) in [6, 6.07) is 11.9. The minimum Gasteiger partial charge on any atom is -0.497 e. The summed E-state index contributed by atoms with van der Waals surface area (Å²) in [4.78, 5) is 24.9. The summed E-state index contributed by atoms with van der Waals surface area (Å²) in [5, 5.41) is 1.13. The molecule has 3 aromatic rings. The van der Waals surface area contributed by atoms with E-state index in [1.807, 2.05) is 37.3 Å². The van der Waals surface area contributed by atoms with E-state index in [2.05, 4.69) is 17.6 Å². The first-order valence-corrected chi connectivity index (χ1v) is 12.4. The number of ether oxygens (including phenoxy) is 3. The summed E-state index contributed by atoms with van der Waals surface area (Å²) in [7, 11) is 4.49. The van der Waals surface area contributed by atoms with E-state index in [9.17, 15) is 9.59 Å². The van der Waals surface area contributed by atoms with E-state index in [4.69, 9.17) is 14.2 Å². The van der Waals surface area contributed by atoms with Crippen molar-refractivity contribution in [3.05, 3.63) is 53.1 Å². The van der Waals surface area contributed by atoms with E-state index in [0.717, 1.165) is 46.3 Å². The van der Waals surface area contributed by atoms with E-state index < -0.39 is 0 Å². The molecule has 1 heterocycles. The molecular weight excluding hydrogens is 442 g/mol. The van der Waals surface area contributed by atoms with Crippen LogP contribution in [0.1, 0.15) is 66.4 Å². The van der Waals surface area contributed by atoms with E-state index in [0.29, 0.717) is 18.0 Å². The van der Waals surface area contributed by atoms with Gasteiger partial charge < -0.3 is 18.8 Å². The van der Waals surface area contributed by atoms with Crippen molar-refractivity contribution >= 4 is 22.8 Å². The Kier molecular flexibility index (Phi) is 7.48. The van der Waals surface area contributed by atoms with Crippen LogP contribution in [0.5, 0.6) is 5.75 Å². The van der Waals surface area contributed by atoms with Crippen LogP contribution in [0.4, 0.5) is 0 Å². The Morgan fingerprint density at radius 1 is 1.00 bits per heavy atom. The Morgan fingerprint density at radius 2 is 1.74 bits per heavy atom. The van der Waals surface area contributed by atoms with Gasteiger partial charge in [0.05, 0.1) is 38.5 Å². The molecule has 35 heavy (non-hydrogen) atoms. The van der Waals surface area contributed by atoms with Gasteiger partial charge in [-0.15, -0.1) is 0 Å². The first-order valence-electron chi connectivity index (χ1n) is 12.4. The van der Waals surface area contributed by atoms with E-state index in [1.165, 1.54) is 39.0 Å². The Labute approximate surface area is 207 Å². The number of methoxy groups -OCH3 is 3. The first-order chi connectivity index (χ1) is 16.9. The normalized spacial score (nSPS) is 15.1. The number of benzene rings is 2. The van der Waals surface area contributed by atoms with Crippen LogP contribution in [0.15, 0.2) is 36.4 Å². The summed E-state index contributed by atoms with van der Waals surface area (Å²) in [6.45, 7) is 4.42. The van der Waals surface area contributed by atoms with Crippen molar-refractivity contribution in [1.82, 2.24) is 4.57 Å². The largest absolute Gasteiger partial charge is 0.497 e. The summed E-state index contributed by atoms with van der Waals surface area (Å²) >= 11 is 0. The molecule has 186 valence electrons. The number of nitrogens with zero attached hydrogens (tertiary/aromatic N) is 1. The van der Waals surface area contributed by atoms with Crippen LogP contribution in [0, 0.1) is 12.8 Å². The molecule has 6 nitrogen and oxygen atoms in total. The van der Waals surface area contributed by atoms with Crippen LogP contribution in [-0.2, 0) is 20.8 Å². The SMILES string of the molecule is COC(=O)c1ccc2c(C3CCCCC3)c(-c3ccc(OC)cc3C)n(CC(C)C(=O)OC)c2c1. The predicted molar refractivity (Wildman–Crippen MR) is 137 cm³/mol. The molecule has 0 bridgehead atoms. The number of hydrogen-bond acceptors (Lipinski definition) is 5. The lowest BCUT2D eigenvalue weighted by Crippen LogP contribution is -2.19. The highest BCUT2D eigenvalue weighted by Crippen LogP contribution is 2.45. The average molecular weight is 478 g/mol. The number of aromatic nitrogens is 1. The Bertz CT molecular complexity index is 1240. The van der Waals surface area contributed by atoms with Crippen molar-refractivity contribution in [3.8, 4) is 17.0 Å². The maximum Gasteiger partial charge on any atom is 0.337 e. The zero-order valence-electron chi connectivity index (χ0n) is 21.3. The van der Waals surface area contributed by atoms with Crippen LogP contribution >= 0.6 is 0 Å². The average Bonchev–Trinajstić information content (AvgIpc) is 3.20. The van der Waals surface area contributed by atoms with Gasteiger partial charge in [0.1, 0.15) is 5.75 Å². The second-order valence-electron chi connectivity index (χ2n) is 9.54.